The molecule has 1 heterocycles. The summed E-state index contributed by atoms with van der Waals surface area (Å²) in [6.45, 7) is 0.247. The van der Waals surface area contributed by atoms with Crippen LogP contribution in [0.4, 0.5) is 10.5 Å². The number of imide groups is 2. The maximum Gasteiger partial charge on any atom is 0.335 e. The topological polar surface area (TPSA) is 113 Å². The van der Waals surface area contributed by atoms with E-state index >= 15 is 0 Å². The van der Waals surface area contributed by atoms with Crippen LogP contribution < -0.4 is 15.0 Å². The fraction of sp³-hybridized carbons (Fsp3) is 0.0303. The molecular formula is C33H22N2O6. The van der Waals surface area contributed by atoms with Crippen LogP contribution in [0.3, 0.4) is 0 Å². The largest absolute Gasteiger partial charge is 0.488 e. The smallest absolute Gasteiger partial charge is 0.335 e. The average Bonchev–Trinajstić information content (AvgIpc) is 2.98. The van der Waals surface area contributed by atoms with Crippen LogP contribution in [0.1, 0.15) is 21.5 Å². The quantitative estimate of drug-likeness (QED) is 0.203. The summed E-state index contributed by atoms with van der Waals surface area (Å²) in [4.78, 5) is 51.2. The summed E-state index contributed by atoms with van der Waals surface area (Å²) in [6.07, 6.45) is 1.43. The normalized spacial score (nSPS) is 14.5. The predicted octanol–water partition coefficient (Wildman–Crippen LogP) is 5.94. The van der Waals surface area contributed by atoms with Gasteiger partial charge in [0.05, 0.1) is 11.3 Å². The first kappa shape index (κ1) is 25.5. The molecule has 0 aromatic heterocycles. The molecule has 8 nitrogen and oxygen atoms in total. The van der Waals surface area contributed by atoms with E-state index in [1.165, 1.54) is 30.3 Å². The third-order valence-electron chi connectivity index (χ3n) is 6.96. The first-order chi connectivity index (χ1) is 19.9. The van der Waals surface area contributed by atoms with Crippen molar-refractivity contribution in [2.24, 2.45) is 0 Å². The molecule has 5 aromatic rings. The Balaban J connectivity index is 1.41. The molecule has 8 heteroatoms. The minimum absolute atomic E-state index is 0.00537. The van der Waals surface area contributed by atoms with Crippen LogP contribution in [0.15, 0.2) is 109 Å². The summed E-state index contributed by atoms with van der Waals surface area (Å²) in [5, 5.41) is 15.2. The molecular weight excluding hydrogens is 520 g/mol. The number of urea groups is 1. The van der Waals surface area contributed by atoms with Gasteiger partial charge < -0.3 is 9.84 Å². The molecule has 1 aliphatic rings. The number of nitrogens with zero attached hydrogens (tertiary/aromatic N) is 1. The lowest BCUT2D eigenvalue weighted by Crippen LogP contribution is -2.54. The van der Waals surface area contributed by atoms with Gasteiger partial charge >= 0.3 is 12.0 Å². The van der Waals surface area contributed by atoms with E-state index in [0.717, 1.165) is 32.0 Å². The van der Waals surface area contributed by atoms with Gasteiger partial charge in [0, 0.05) is 5.56 Å². The van der Waals surface area contributed by atoms with Gasteiger partial charge in [-0.25, -0.2) is 14.5 Å². The SMILES string of the molecule is O=C1NC(=O)N(c2ccc(C(=O)O)cc2)C(=O)/C1=C/c1c(OCc2cccc3ccccc23)ccc2ccccc12. The standard InChI is InChI=1S/C33H22N2O6/c36-30-28(31(37)35(33(40)34-30)24-15-12-22(13-16-24)32(38)39)18-27-26-11-4-2-7-21(26)14-17-29(27)41-19-23-9-5-8-20-6-1-3-10-25(20)23/h1-18H,19H2,(H,38,39)(H,34,36,40)/b28-18+. The van der Waals surface area contributed by atoms with Crippen molar-refractivity contribution in [2.75, 3.05) is 4.90 Å². The molecule has 1 fully saturated rings. The van der Waals surface area contributed by atoms with E-state index in [0.29, 0.717) is 11.3 Å². The Morgan fingerprint density at radius 3 is 2.17 bits per heavy atom. The molecule has 4 amide bonds. The number of nitrogens with one attached hydrogen (secondary N) is 1. The minimum atomic E-state index is -1.14. The van der Waals surface area contributed by atoms with Crippen molar-refractivity contribution >= 4 is 57.1 Å². The van der Waals surface area contributed by atoms with Gasteiger partial charge in [0.15, 0.2) is 0 Å². The molecule has 0 bridgehead atoms. The Kier molecular flexibility index (Phi) is 6.49. The molecule has 0 aliphatic carbocycles. The molecule has 1 saturated heterocycles. The molecule has 41 heavy (non-hydrogen) atoms. The van der Waals surface area contributed by atoms with Crippen LogP contribution in [0, 0.1) is 0 Å². The molecule has 200 valence electrons. The Hall–Kier alpha value is -5.76. The van der Waals surface area contributed by atoms with Crippen molar-refractivity contribution in [2.45, 2.75) is 6.61 Å². The zero-order chi connectivity index (χ0) is 28.5. The predicted molar refractivity (Wildman–Crippen MR) is 155 cm³/mol. The highest BCUT2D eigenvalue weighted by Gasteiger charge is 2.37. The average molecular weight is 543 g/mol. The molecule has 0 spiro atoms. The highest BCUT2D eigenvalue weighted by molar-refractivity contribution is 6.39. The second-order valence-corrected chi connectivity index (χ2v) is 9.44. The summed E-state index contributed by atoms with van der Waals surface area (Å²) in [6, 6.07) is 29.5. The van der Waals surface area contributed by atoms with Crippen molar-refractivity contribution in [3.05, 3.63) is 125 Å². The van der Waals surface area contributed by atoms with Crippen molar-refractivity contribution in [3.8, 4) is 5.75 Å². The number of anilines is 1. The van der Waals surface area contributed by atoms with Crippen molar-refractivity contribution in [1.82, 2.24) is 5.32 Å². The van der Waals surface area contributed by atoms with Gasteiger partial charge in [-0.3, -0.25) is 14.9 Å². The van der Waals surface area contributed by atoms with E-state index in [1.54, 1.807) is 6.07 Å². The number of carbonyl (C=O) groups is 4. The van der Waals surface area contributed by atoms with Gasteiger partial charge in [0.1, 0.15) is 17.9 Å². The number of carboxylic acids is 1. The summed E-state index contributed by atoms with van der Waals surface area (Å²) in [5.41, 5.74) is 1.34. The van der Waals surface area contributed by atoms with Crippen LogP contribution in [0.5, 0.6) is 5.75 Å². The number of carboxylic acid groups (broad SMARTS) is 1. The van der Waals surface area contributed by atoms with E-state index in [9.17, 15) is 24.3 Å². The van der Waals surface area contributed by atoms with Gasteiger partial charge in [0.25, 0.3) is 11.8 Å². The maximum absolute atomic E-state index is 13.6. The molecule has 0 radical (unpaired) electrons. The van der Waals surface area contributed by atoms with Crippen LogP contribution in [-0.2, 0) is 16.2 Å². The zero-order valence-electron chi connectivity index (χ0n) is 21.5. The van der Waals surface area contributed by atoms with Gasteiger partial charge in [-0.15, -0.1) is 0 Å². The van der Waals surface area contributed by atoms with Crippen LogP contribution in [0.2, 0.25) is 0 Å². The lowest BCUT2D eigenvalue weighted by molar-refractivity contribution is -0.122. The number of hydrogen-bond acceptors (Lipinski definition) is 5. The van der Waals surface area contributed by atoms with Gasteiger partial charge in [-0.1, -0.05) is 72.8 Å². The Labute approximate surface area is 234 Å². The van der Waals surface area contributed by atoms with E-state index < -0.39 is 23.8 Å². The highest BCUT2D eigenvalue weighted by atomic mass is 16.5. The maximum atomic E-state index is 13.6. The number of rotatable bonds is 6. The third kappa shape index (κ3) is 4.79. The van der Waals surface area contributed by atoms with E-state index in [2.05, 4.69) is 5.32 Å². The van der Waals surface area contributed by atoms with E-state index in [1.807, 2.05) is 72.8 Å². The molecule has 2 N–H and O–H groups in total. The number of aromatic carboxylic acids is 1. The summed E-state index contributed by atoms with van der Waals surface area (Å²) >= 11 is 0. The number of ether oxygens (including phenoxy) is 1. The first-order valence-corrected chi connectivity index (χ1v) is 12.8. The van der Waals surface area contributed by atoms with Crippen molar-refractivity contribution < 1.29 is 29.0 Å². The van der Waals surface area contributed by atoms with Crippen molar-refractivity contribution in [1.29, 1.82) is 0 Å². The van der Waals surface area contributed by atoms with E-state index in [-0.39, 0.29) is 23.4 Å². The summed E-state index contributed by atoms with van der Waals surface area (Å²) < 4.78 is 6.30. The second-order valence-electron chi connectivity index (χ2n) is 9.44. The lowest BCUT2D eigenvalue weighted by atomic mass is 9.99. The fourth-order valence-electron chi connectivity index (χ4n) is 4.91. The highest BCUT2D eigenvalue weighted by Crippen LogP contribution is 2.33. The number of benzene rings is 5. The minimum Gasteiger partial charge on any atom is -0.488 e. The molecule has 1 aliphatic heterocycles. The Morgan fingerprint density at radius 2 is 1.44 bits per heavy atom. The monoisotopic (exact) mass is 542 g/mol. The van der Waals surface area contributed by atoms with Crippen LogP contribution in [-0.4, -0.2) is 28.9 Å². The van der Waals surface area contributed by atoms with Crippen LogP contribution in [0.25, 0.3) is 27.6 Å². The number of amides is 4. The molecule has 0 saturated carbocycles. The summed E-state index contributed by atoms with van der Waals surface area (Å²) in [7, 11) is 0. The van der Waals surface area contributed by atoms with Gasteiger partial charge in [-0.2, -0.15) is 0 Å². The summed E-state index contributed by atoms with van der Waals surface area (Å²) in [5.74, 6) is -2.37. The number of fused-ring (bicyclic) bond motifs is 2. The fourth-order valence-corrected chi connectivity index (χ4v) is 4.91. The Morgan fingerprint density at radius 1 is 0.780 bits per heavy atom. The molecule has 5 aromatic carbocycles. The lowest BCUT2D eigenvalue weighted by Gasteiger charge is -2.26. The number of hydrogen-bond donors (Lipinski definition) is 2. The second kappa shape index (κ2) is 10.4. The van der Waals surface area contributed by atoms with Gasteiger partial charge in [-0.05, 0) is 63.5 Å². The van der Waals surface area contributed by atoms with Gasteiger partial charge in [0.2, 0.25) is 0 Å². The Bertz CT molecular complexity index is 1900. The van der Waals surface area contributed by atoms with Crippen molar-refractivity contribution in [3.63, 3.8) is 0 Å². The van der Waals surface area contributed by atoms with E-state index in [4.69, 9.17) is 4.74 Å². The van der Waals surface area contributed by atoms with Crippen LogP contribution >= 0.6 is 0 Å². The molecule has 6 rings (SSSR count). The first-order valence-electron chi connectivity index (χ1n) is 12.8. The molecule has 0 atom stereocenters. The molecule has 0 unspecified atom stereocenters. The number of carbonyl (C=O) groups excluding carboxylic acids is 3. The third-order valence-corrected chi connectivity index (χ3v) is 6.96. The number of barbiturate groups is 1. The zero-order valence-corrected chi connectivity index (χ0v) is 21.5.